The molecule has 10 heteroatoms. The van der Waals surface area contributed by atoms with Crippen molar-refractivity contribution in [3.8, 4) is 5.88 Å². The molecule has 3 rings (SSSR count). The lowest BCUT2D eigenvalue weighted by atomic mass is 9.98. The number of H-pyrrole nitrogens is 1. The number of methoxy groups -OCH3 is 1. The van der Waals surface area contributed by atoms with Crippen LogP contribution < -0.4 is 15.2 Å². The van der Waals surface area contributed by atoms with Crippen molar-refractivity contribution in [1.29, 1.82) is 0 Å². The molecule has 0 bridgehead atoms. The maximum absolute atomic E-state index is 11.9. The SMILES string of the molecule is COc1nc(N2CCC(COP(O)O)CC2)cc2cn[nH]c(=O)c12. The van der Waals surface area contributed by atoms with Crippen LogP contribution in [0.3, 0.4) is 0 Å². The monoisotopic (exact) mass is 354 g/mol. The van der Waals surface area contributed by atoms with Gasteiger partial charge >= 0.3 is 8.60 Å². The van der Waals surface area contributed by atoms with Crippen molar-refractivity contribution in [2.24, 2.45) is 5.92 Å². The van der Waals surface area contributed by atoms with Crippen molar-refractivity contribution in [3.05, 3.63) is 22.6 Å². The van der Waals surface area contributed by atoms with Gasteiger partial charge in [-0.1, -0.05) is 0 Å². The lowest BCUT2D eigenvalue weighted by molar-refractivity contribution is 0.193. The molecule has 9 nitrogen and oxygen atoms in total. The third-order valence-corrected chi connectivity index (χ3v) is 4.54. The van der Waals surface area contributed by atoms with Crippen LogP contribution in [0.1, 0.15) is 12.8 Å². The van der Waals surface area contributed by atoms with Crippen LogP contribution in [0.25, 0.3) is 10.8 Å². The summed E-state index contributed by atoms with van der Waals surface area (Å²) in [4.78, 5) is 36.1. The number of fused-ring (bicyclic) bond motifs is 1. The smallest absolute Gasteiger partial charge is 0.327 e. The molecule has 0 unspecified atom stereocenters. The van der Waals surface area contributed by atoms with Crippen LogP contribution >= 0.6 is 8.60 Å². The summed E-state index contributed by atoms with van der Waals surface area (Å²) in [5, 5.41) is 7.28. The van der Waals surface area contributed by atoms with Gasteiger partial charge in [-0.3, -0.25) is 4.79 Å². The molecular formula is C14H19N4O5P. The van der Waals surface area contributed by atoms with Crippen LogP contribution in [-0.2, 0) is 4.52 Å². The summed E-state index contributed by atoms with van der Waals surface area (Å²) >= 11 is 0. The Hall–Kier alpha value is -1.80. The molecule has 130 valence electrons. The van der Waals surface area contributed by atoms with Crippen LogP contribution in [0.2, 0.25) is 0 Å². The van der Waals surface area contributed by atoms with E-state index in [-0.39, 0.29) is 17.4 Å². The van der Waals surface area contributed by atoms with E-state index in [0.29, 0.717) is 17.4 Å². The Bertz CT molecular complexity index is 760. The van der Waals surface area contributed by atoms with Crippen molar-refractivity contribution >= 4 is 25.2 Å². The summed E-state index contributed by atoms with van der Waals surface area (Å²) in [6.45, 7) is 1.88. The molecule has 2 aromatic rings. The average Bonchev–Trinajstić information content (AvgIpc) is 2.59. The van der Waals surface area contributed by atoms with E-state index >= 15 is 0 Å². The Morgan fingerprint density at radius 1 is 1.42 bits per heavy atom. The van der Waals surface area contributed by atoms with Crippen molar-refractivity contribution in [2.45, 2.75) is 12.8 Å². The number of anilines is 1. The fraction of sp³-hybridized carbons (Fsp3) is 0.500. The lowest BCUT2D eigenvalue weighted by Gasteiger charge is -2.32. The van der Waals surface area contributed by atoms with Gasteiger partial charge in [-0.05, 0) is 24.8 Å². The Morgan fingerprint density at radius 3 is 2.83 bits per heavy atom. The summed E-state index contributed by atoms with van der Waals surface area (Å²) < 4.78 is 10.2. The molecular weight excluding hydrogens is 335 g/mol. The molecule has 0 saturated carbocycles. The summed E-state index contributed by atoms with van der Waals surface area (Å²) in [5.41, 5.74) is -0.330. The fourth-order valence-electron chi connectivity index (χ4n) is 2.88. The third-order valence-electron chi connectivity index (χ3n) is 4.16. The number of hydrogen-bond acceptors (Lipinski definition) is 8. The lowest BCUT2D eigenvalue weighted by Crippen LogP contribution is -2.35. The first kappa shape index (κ1) is 17.0. The predicted molar refractivity (Wildman–Crippen MR) is 89.0 cm³/mol. The number of hydrogen-bond donors (Lipinski definition) is 3. The van der Waals surface area contributed by atoms with Crippen LogP contribution in [0.15, 0.2) is 17.1 Å². The van der Waals surface area contributed by atoms with Gasteiger partial charge in [-0.25, -0.2) is 5.10 Å². The molecule has 0 amide bonds. The van der Waals surface area contributed by atoms with E-state index < -0.39 is 8.60 Å². The van der Waals surface area contributed by atoms with Gasteiger partial charge in [0.25, 0.3) is 5.56 Å². The number of aromatic amines is 1. The fourth-order valence-corrected chi connectivity index (χ4v) is 3.23. The molecule has 2 aromatic heterocycles. The number of ether oxygens (including phenoxy) is 1. The first-order valence-corrected chi connectivity index (χ1v) is 8.73. The molecule has 1 fully saturated rings. The Balaban J connectivity index is 1.78. The molecule has 3 heterocycles. The maximum atomic E-state index is 11.9. The van der Waals surface area contributed by atoms with Gasteiger partial charge in [0.1, 0.15) is 11.2 Å². The molecule has 0 radical (unpaired) electrons. The number of rotatable bonds is 5. The number of nitrogens with one attached hydrogen (secondary N) is 1. The van der Waals surface area contributed by atoms with Crippen molar-refractivity contribution < 1.29 is 19.0 Å². The van der Waals surface area contributed by atoms with E-state index in [0.717, 1.165) is 31.7 Å². The van der Waals surface area contributed by atoms with E-state index in [9.17, 15) is 4.79 Å². The minimum absolute atomic E-state index is 0.280. The number of aromatic nitrogens is 3. The van der Waals surface area contributed by atoms with Crippen molar-refractivity contribution in [3.63, 3.8) is 0 Å². The highest BCUT2D eigenvalue weighted by molar-refractivity contribution is 7.39. The third kappa shape index (κ3) is 3.64. The van der Waals surface area contributed by atoms with E-state index in [2.05, 4.69) is 20.1 Å². The zero-order chi connectivity index (χ0) is 17.1. The van der Waals surface area contributed by atoms with Crippen LogP contribution in [0.4, 0.5) is 5.82 Å². The molecule has 1 aliphatic heterocycles. The molecule has 24 heavy (non-hydrogen) atoms. The van der Waals surface area contributed by atoms with Gasteiger partial charge in [-0.15, -0.1) is 0 Å². The topological polar surface area (TPSA) is 121 Å². The quantitative estimate of drug-likeness (QED) is 0.674. The molecule has 0 aromatic carbocycles. The van der Waals surface area contributed by atoms with Crippen LogP contribution in [0, 0.1) is 5.92 Å². The highest BCUT2D eigenvalue weighted by Crippen LogP contribution is 2.30. The number of nitrogens with zero attached hydrogens (tertiary/aromatic N) is 3. The minimum Gasteiger partial charge on any atom is -0.480 e. The van der Waals surface area contributed by atoms with E-state index in [1.54, 1.807) is 6.20 Å². The van der Waals surface area contributed by atoms with Crippen molar-refractivity contribution in [1.82, 2.24) is 15.2 Å². The van der Waals surface area contributed by atoms with Gasteiger partial charge in [0.05, 0.1) is 19.9 Å². The highest BCUT2D eigenvalue weighted by Gasteiger charge is 2.22. The second kappa shape index (κ2) is 7.40. The Kier molecular flexibility index (Phi) is 5.25. The van der Waals surface area contributed by atoms with Crippen LogP contribution in [-0.4, -0.2) is 51.8 Å². The summed E-state index contributed by atoms with van der Waals surface area (Å²) in [7, 11) is -0.809. The molecule has 0 spiro atoms. The van der Waals surface area contributed by atoms with Gasteiger partial charge in [-0.2, -0.15) is 10.1 Å². The summed E-state index contributed by atoms with van der Waals surface area (Å²) in [6.07, 6.45) is 3.30. The van der Waals surface area contributed by atoms with E-state index in [1.807, 2.05) is 6.07 Å². The number of pyridine rings is 1. The zero-order valence-corrected chi connectivity index (χ0v) is 14.1. The molecule has 3 N–H and O–H groups in total. The summed E-state index contributed by atoms with van der Waals surface area (Å²) in [6, 6.07) is 1.83. The first-order chi connectivity index (χ1) is 11.6. The first-order valence-electron chi connectivity index (χ1n) is 7.56. The average molecular weight is 354 g/mol. The largest absolute Gasteiger partial charge is 0.480 e. The number of piperidine rings is 1. The second-order valence-corrected chi connectivity index (χ2v) is 6.40. The van der Waals surface area contributed by atoms with Gasteiger partial charge in [0, 0.05) is 18.5 Å². The molecule has 1 aliphatic rings. The van der Waals surface area contributed by atoms with Crippen LogP contribution in [0.5, 0.6) is 5.88 Å². The molecule has 0 aliphatic carbocycles. The maximum Gasteiger partial charge on any atom is 0.327 e. The summed E-state index contributed by atoms with van der Waals surface area (Å²) in [5.74, 6) is 1.30. The van der Waals surface area contributed by atoms with Crippen molar-refractivity contribution in [2.75, 3.05) is 31.7 Å². The normalized spacial score (nSPS) is 16.1. The standard InChI is InChI=1S/C14H19N4O5P/c1-22-14-12-10(7-15-17-13(12)19)6-11(16-14)18-4-2-9(3-5-18)8-23-24(20)21/h6-7,9,20-21H,2-5,8H2,1H3,(H,17,19). The van der Waals surface area contributed by atoms with E-state index in [4.69, 9.17) is 19.0 Å². The highest BCUT2D eigenvalue weighted by atomic mass is 31.2. The van der Waals surface area contributed by atoms with E-state index in [1.165, 1.54) is 7.11 Å². The Morgan fingerprint density at radius 2 is 2.17 bits per heavy atom. The molecule has 0 atom stereocenters. The zero-order valence-electron chi connectivity index (χ0n) is 13.2. The van der Waals surface area contributed by atoms with Gasteiger partial charge < -0.3 is 23.9 Å². The second-order valence-electron chi connectivity index (χ2n) is 5.63. The van der Waals surface area contributed by atoms with Gasteiger partial charge in [0.15, 0.2) is 0 Å². The molecule has 1 saturated heterocycles. The predicted octanol–water partition coefficient (Wildman–Crippen LogP) is 0.771. The Labute approximate surface area is 139 Å². The minimum atomic E-state index is -2.29. The van der Waals surface area contributed by atoms with Gasteiger partial charge in [0.2, 0.25) is 5.88 Å².